The van der Waals surface area contributed by atoms with Crippen LogP contribution >= 0.6 is 0 Å². The van der Waals surface area contributed by atoms with Gasteiger partial charge in [-0.15, -0.1) is 0 Å². The van der Waals surface area contributed by atoms with Gasteiger partial charge in [-0.05, 0) is 44.0 Å². The van der Waals surface area contributed by atoms with Crippen LogP contribution in [0, 0.1) is 11.7 Å². The second kappa shape index (κ2) is 8.98. The topological polar surface area (TPSA) is 67.2 Å². The zero-order valence-electron chi connectivity index (χ0n) is 18.2. The summed E-state index contributed by atoms with van der Waals surface area (Å²) in [6, 6.07) is 7.78. The summed E-state index contributed by atoms with van der Waals surface area (Å²) in [6.45, 7) is 8.50. The largest absolute Gasteiger partial charge is 0.333 e. The lowest BCUT2D eigenvalue weighted by atomic mass is 9.92. The monoisotopic (exact) mass is 414 g/mol. The highest BCUT2D eigenvalue weighted by molar-refractivity contribution is 5.94. The predicted octanol–water partition coefficient (Wildman–Crippen LogP) is 4.29. The maximum absolute atomic E-state index is 13.4. The van der Waals surface area contributed by atoms with Gasteiger partial charge in [-0.25, -0.2) is 9.07 Å². The van der Waals surface area contributed by atoms with Gasteiger partial charge in [-0.3, -0.25) is 9.59 Å². The Balaban J connectivity index is 1.80. The second-order valence-electron chi connectivity index (χ2n) is 8.94. The number of amides is 2. The standard InChI is InChI=1S/C23H31FN4O2/c1-5-27(22(30)16-8-6-7-9-16)15-21(29)25-20-14-19(23(2,3)4)26-28(20)18-12-10-17(24)11-13-18/h10-14,16H,5-9,15H2,1-4H3,(H,25,29). The van der Waals surface area contributed by atoms with Gasteiger partial charge in [0, 0.05) is 23.9 Å². The number of nitrogens with zero attached hydrogens (tertiary/aromatic N) is 3. The van der Waals surface area contributed by atoms with Crippen LogP contribution in [-0.2, 0) is 15.0 Å². The second-order valence-corrected chi connectivity index (χ2v) is 8.94. The zero-order chi connectivity index (χ0) is 21.9. The van der Waals surface area contributed by atoms with Crippen molar-refractivity contribution >= 4 is 17.6 Å². The third kappa shape index (κ3) is 5.07. The Bertz CT molecular complexity index is 893. The Kier molecular flexibility index (Phi) is 6.58. The van der Waals surface area contributed by atoms with Gasteiger partial charge in [0.05, 0.1) is 17.9 Å². The molecule has 1 fully saturated rings. The van der Waals surface area contributed by atoms with Crippen LogP contribution in [0.5, 0.6) is 0 Å². The summed E-state index contributed by atoms with van der Waals surface area (Å²) >= 11 is 0. The fourth-order valence-electron chi connectivity index (χ4n) is 3.75. The van der Waals surface area contributed by atoms with E-state index in [0.717, 1.165) is 31.4 Å². The van der Waals surface area contributed by atoms with Crippen molar-refractivity contribution in [1.82, 2.24) is 14.7 Å². The van der Waals surface area contributed by atoms with E-state index >= 15 is 0 Å². The number of hydrogen-bond donors (Lipinski definition) is 1. The Hall–Kier alpha value is -2.70. The molecule has 162 valence electrons. The van der Waals surface area contributed by atoms with Gasteiger partial charge in [-0.2, -0.15) is 5.10 Å². The van der Waals surface area contributed by atoms with Gasteiger partial charge in [0.2, 0.25) is 11.8 Å². The highest BCUT2D eigenvalue weighted by Crippen LogP contribution is 2.28. The van der Waals surface area contributed by atoms with Crippen molar-refractivity contribution < 1.29 is 14.0 Å². The van der Waals surface area contributed by atoms with Crippen LogP contribution in [0.2, 0.25) is 0 Å². The minimum Gasteiger partial charge on any atom is -0.333 e. The van der Waals surface area contributed by atoms with E-state index in [1.807, 2.05) is 33.8 Å². The number of aromatic nitrogens is 2. The molecule has 0 radical (unpaired) electrons. The lowest BCUT2D eigenvalue weighted by molar-refractivity contribution is -0.138. The molecular formula is C23H31FN4O2. The molecule has 0 unspecified atom stereocenters. The number of halogens is 1. The zero-order valence-corrected chi connectivity index (χ0v) is 18.2. The Morgan fingerprint density at radius 1 is 1.20 bits per heavy atom. The van der Waals surface area contributed by atoms with Crippen LogP contribution in [0.4, 0.5) is 10.2 Å². The van der Waals surface area contributed by atoms with Crippen LogP contribution in [0.25, 0.3) is 5.69 Å². The van der Waals surface area contributed by atoms with E-state index < -0.39 is 0 Å². The molecule has 1 aromatic carbocycles. The molecule has 0 spiro atoms. The van der Waals surface area contributed by atoms with Gasteiger partial charge < -0.3 is 10.2 Å². The van der Waals surface area contributed by atoms with Gasteiger partial charge in [-0.1, -0.05) is 33.6 Å². The van der Waals surface area contributed by atoms with Crippen LogP contribution in [0.3, 0.4) is 0 Å². The number of anilines is 1. The minimum absolute atomic E-state index is 0.00524. The molecule has 1 aliphatic carbocycles. The first-order chi connectivity index (χ1) is 14.2. The maximum Gasteiger partial charge on any atom is 0.245 e. The van der Waals surface area contributed by atoms with E-state index in [-0.39, 0.29) is 35.5 Å². The molecule has 7 heteroatoms. The van der Waals surface area contributed by atoms with Crippen molar-refractivity contribution in [3.05, 3.63) is 41.8 Å². The SMILES string of the molecule is CCN(CC(=O)Nc1cc(C(C)(C)C)nn1-c1ccc(F)cc1)C(=O)C1CCCC1. The van der Waals surface area contributed by atoms with Crippen LogP contribution < -0.4 is 5.32 Å². The van der Waals surface area contributed by atoms with Crippen molar-refractivity contribution in [2.75, 3.05) is 18.4 Å². The van der Waals surface area contributed by atoms with Crippen molar-refractivity contribution in [2.45, 2.75) is 58.8 Å². The van der Waals surface area contributed by atoms with Crippen molar-refractivity contribution in [3.63, 3.8) is 0 Å². The molecule has 1 aliphatic rings. The molecule has 0 bridgehead atoms. The number of carbonyl (C=O) groups is 2. The van der Waals surface area contributed by atoms with Crippen molar-refractivity contribution in [2.24, 2.45) is 5.92 Å². The first-order valence-corrected chi connectivity index (χ1v) is 10.6. The number of rotatable bonds is 6. The molecule has 0 aliphatic heterocycles. The summed E-state index contributed by atoms with van der Waals surface area (Å²) in [5.41, 5.74) is 1.23. The average Bonchev–Trinajstić information content (AvgIpc) is 3.36. The van der Waals surface area contributed by atoms with Crippen LogP contribution in [0.15, 0.2) is 30.3 Å². The Labute approximate surface area is 177 Å². The van der Waals surface area contributed by atoms with Gasteiger partial charge in [0.15, 0.2) is 0 Å². The molecule has 30 heavy (non-hydrogen) atoms. The average molecular weight is 415 g/mol. The van der Waals surface area contributed by atoms with Gasteiger partial charge in [0.1, 0.15) is 11.6 Å². The van der Waals surface area contributed by atoms with Crippen LogP contribution in [0.1, 0.15) is 59.1 Å². The first-order valence-electron chi connectivity index (χ1n) is 10.6. The summed E-state index contributed by atoms with van der Waals surface area (Å²) in [5.74, 6) is -0.00747. The van der Waals surface area contributed by atoms with Gasteiger partial charge in [0.25, 0.3) is 0 Å². The summed E-state index contributed by atoms with van der Waals surface area (Å²) < 4.78 is 15.0. The fourth-order valence-corrected chi connectivity index (χ4v) is 3.75. The Morgan fingerprint density at radius 3 is 2.40 bits per heavy atom. The molecule has 1 N–H and O–H groups in total. The molecule has 1 saturated carbocycles. The molecule has 3 rings (SSSR count). The van der Waals surface area contributed by atoms with Crippen molar-refractivity contribution in [3.8, 4) is 5.69 Å². The smallest absolute Gasteiger partial charge is 0.245 e. The summed E-state index contributed by atoms with van der Waals surface area (Å²) in [5, 5.41) is 7.53. The molecule has 6 nitrogen and oxygen atoms in total. The summed E-state index contributed by atoms with van der Waals surface area (Å²) in [6.07, 6.45) is 3.96. The molecule has 0 atom stereocenters. The minimum atomic E-state index is -0.337. The van der Waals surface area contributed by atoms with E-state index in [1.54, 1.807) is 21.7 Å². The van der Waals surface area contributed by atoms with E-state index in [4.69, 9.17) is 0 Å². The molecule has 2 amide bonds. The lowest BCUT2D eigenvalue weighted by Gasteiger charge is -2.23. The van der Waals surface area contributed by atoms with Crippen LogP contribution in [-0.4, -0.2) is 39.6 Å². The normalized spacial score (nSPS) is 14.7. The predicted molar refractivity (Wildman–Crippen MR) is 115 cm³/mol. The summed E-state index contributed by atoms with van der Waals surface area (Å²) in [7, 11) is 0. The number of carbonyl (C=O) groups excluding carboxylic acids is 2. The molecule has 0 saturated heterocycles. The number of hydrogen-bond acceptors (Lipinski definition) is 3. The highest BCUT2D eigenvalue weighted by atomic mass is 19.1. The third-order valence-corrected chi connectivity index (χ3v) is 5.55. The summed E-state index contributed by atoms with van der Waals surface area (Å²) in [4.78, 5) is 27.1. The fraction of sp³-hybridized carbons (Fsp3) is 0.522. The molecular weight excluding hydrogens is 383 g/mol. The molecule has 1 aromatic heterocycles. The number of likely N-dealkylation sites (N-methyl/N-ethyl adjacent to an activating group) is 1. The third-order valence-electron chi connectivity index (χ3n) is 5.55. The molecule has 2 aromatic rings. The van der Waals surface area contributed by atoms with E-state index in [9.17, 15) is 14.0 Å². The van der Waals surface area contributed by atoms with Crippen molar-refractivity contribution in [1.29, 1.82) is 0 Å². The first kappa shape index (κ1) is 22.0. The van der Waals surface area contributed by atoms with E-state index in [0.29, 0.717) is 18.1 Å². The lowest BCUT2D eigenvalue weighted by Crippen LogP contribution is -2.40. The van der Waals surface area contributed by atoms with E-state index in [1.165, 1.54) is 12.1 Å². The number of nitrogens with one attached hydrogen (secondary N) is 1. The Morgan fingerprint density at radius 2 is 1.83 bits per heavy atom. The highest BCUT2D eigenvalue weighted by Gasteiger charge is 2.28. The van der Waals surface area contributed by atoms with E-state index in [2.05, 4.69) is 10.4 Å². The number of benzene rings is 1. The maximum atomic E-state index is 13.4. The van der Waals surface area contributed by atoms with Gasteiger partial charge >= 0.3 is 0 Å². The quantitative estimate of drug-likeness (QED) is 0.767. The molecule has 1 heterocycles.